The van der Waals surface area contributed by atoms with Gasteiger partial charge in [0.2, 0.25) is 0 Å². The van der Waals surface area contributed by atoms with Crippen LogP contribution in [0.25, 0.3) is 10.8 Å². The first kappa shape index (κ1) is 13.7. The number of aromatic nitrogens is 2. The fraction of sp³-hybridized carbons (Fsp3) is 0.231. The molecule has 0 spiro atoms. The van der Waals surface area contributed by atoms with Gasteiger partial charge in [-0.2, -0.15) is 5.10 Å². The highest BCUT2D eigenvalue weighted by Gasteiger charge is 2.19. The minimum absolute atomic E-state index is 0.260. The first-order valence-corrected chi connectivity index (χ1v) is 5.89. The van der Waals surface area contributed by atoms with Gasteiger partial charge < -0.3 is 15.1 Å². The van der Waals surface area contributed by atoms with E-state index in [4.69, 9.17) is 10.2 Å². The molecule has 1 heterocycles. The maximum atomic E-state index is 10.9. The molecule has 0 aliphatic carbocycles. The Morgan fingerprint density at radius 2 is 1.60 bits per heavy atom. The lowest BCUT2D eigenvalue weighted by molar-refractivity contribution is -0.136. The maximum absolute atomic E-state index is 10.9. The van der Waals surface area contributed by atoms with Gasteiger partial charge in [-0.3, -0.25) is 9.59 Å². The zero-order chi connectivity index (χ0) is 14.7. The Morgan fingerprint density at radius 1 is 1.05 bits per heavy atom. The van der Waals surface area contributed by atoms with Gasteiger partial charge in [0.25, 0.3) is 0 Å². The molecule has 0 unspecified atom stereocenters. The molecule has 0 saturated heterocycles. The van der Waals surface area contributed by atoms with Crippen molar-refractivity contribution in [1.82, 2.24) is 10.2 Å². The number of carboxylic acids is 2. The van der Waals surface area contributed by atoms with Crippen molar-refractivity contribution in [3.05, 3.63) is 30.0 Å². The number of hydrogen-bond acceptors (Lipinski definition) is 5. The van der Waals surface area contributed by atoms with Crippen LogP contribution in [0.3, 0.4) is 0 Å². The van der Waals surface area contributed by atoms with Crippen molar-refractivity contribution in [3.63, 3.8) is 0 Å². The predicted molar refractivity (Wildman–Crippen MR) is 71.8 cm³/mol. The molecule has 2 aromatic rings. The number of carboxylic acid groups (broad SMARTS) is 2. The minimum Gasteiger partial charge on any atom is -0.480 e. The van der Waals surface area contributed by atoms with Crippen LogP contribution in [0.5, 0.6) is 0 Å². The molecule has 0 saturated carbocycles. The van der Waals surface area contributed by atoms with Crippen LogP contribution in [-0.4, -0.2) is 45.4 Å². The van der Waals surface area contributed by atoms with Crippen LogP contribution < -0.4 is 4.90 Å². The van der Waals surface area contributed by atoms with Gasteiger partial charge in [-0.1, -0.05) is 24.3 Å². The van der Waals surface area contributed by atoms with E-state index in [1.807, 2.05) is 12.1 Å². The Morgan fingerprint density at radius 3 is 2.15 bits per heavy atom. The summed E-state index contributed by atoms with van der Waals surface area (Å²) < 4.78 is 0. The molecule has 20 heavy (non-hydrogen) atoms. The second kappa shape index (κ2) is 5.52. The Balaban J connectivity index is 2.55. The summed E-state index contributed by atoms with van der Waals surface area (Å²) >= 11 is 0. The van der Waals surface area contributed by atoms with E-state index in [1.165, 1.54) is 4.90 Å². The van der Waals surface area contributed by atoms with Crippen molar-refractivity contribution in [2.45, 2.75) is 6.92 Å². The molecule has 2 rings (SSSR count). The smallest absolute Gasteiger partial charge is 0.323 e. The Hall–Kier alpha value is -2.70. The van der Waals surface area contributed by atoms with E-state index < -0.39 is 25.0 Å². The van der Waals surface area contributed by atoms with Crippen molar-refractivity contribution in [3.8, 4) is 0 Å². The van der Waals surface area contributed by atoms with Crippen molar-refractivity contribution in [2.75, 3.05) is 18.0 Å². The number of hydrogen-bond donors (Lipinski definition) is 2. The summed E-state index contributed by atoms with van der Waals surface area (Å²) in [6.45, 7) is 0.889. The quantitative estimate of drug-likeness (QED) is 0.835. The van der Waals surface area contributed by atoms with Crippen LogP contribution in [0.1, 0.15) is 5.69 Å². The molecule has 7 nitrogen and oxygen atoms in total. The second-order valence-electron chi connectivity index (χ2n) is 4.30. The van der Waals surface area contributed by atoms with Gasteiger partial charge in [0.15, 0.2) is 5.82 Å². The van der Waals surface area contributed by atoms with Crippen LogP contribution in [-0.2, 0) is 9.59 Å². The zero-order valence-corrected chi connectivity index (χ0v) is 10.8. The Labute approximate surface area is 114 Å². The molecule has 0 fully saturated rings. The summed E-state index contributed by atoms with van der Waals surface area (Å²) in [5, 5.41) is 27.2. The van der Waals surface area contributed by atoms with Crippen molar-refractivity contribution >= 4 is 28.5 Å². The lowest BCUT2D eigenvalue weighted by Gasteiger charge is -2.20. The maximum Gasteiger partial charge on any atom is 0.323 e. The summed E-state index contributed by atoms with van der Waals surface area (Å²) in [7, 11) is 0. The third-order valence-corrected chi connectivity index (χ3v) is 2.80. The minimum atomic E-state index is -1.13. The van der Waals surface area contributed by atoms with Crippen LogP contribution in [0.15, 0.2) is 24.3 Å². The molecule has 0 amide bonds. The van der Waals surface area contributed by atoms with Gasteiger partial charge in [-0.05, 0) is 6.92 Å². The average Bonchev–Trinajstić information content (AvgIpc) is 2.37. The van der Waals surface area contributed by atoms with E-state index in [-0.39, 0.29) is 5.82 Å². The number of anilines is 1. The molecule has 0 atom stereocenters. The number of aryl methyl sites for hydroxylation is 1. The summed E-state index contributed by atoms with van der Waals surface area (Å²) in [5.41, 5.74) is 0.704. The summed E-state index contributed by atoms with van der Waals surface area (Å²) in [4.78, 5) is 22.9. The number of aliphatic carboxylic acids is 2. The van der Waals surface area contributed by atoms with Crippen LogP contribution in [0.2, 0.25) is 0 Å². The van der Waals surface area contributed by atoms with E-state index in [2.05, 4.69) is 10.2 Å². The molecule has 1 aromatic carbocycles. The van der Waals surface area contributed by atoms with E-state index in [0.717, 1.165) is 5.39 Å². The molecular formula is C13H13N3O4. The third kappa shape index (κ3) is 2.82. The molecule has 104 valence electrons. The lowest BCUT2D eigenvalue weighted by Crippen LogP contribution is -2.35. The van der Waals surface area contributed by atoms with E-state index in [1.54, 1.807) is 19.1 Å². The summed E-state index contributed by atoms with van der Waals surface area (Å²) in [6, 6.07) is 7.22. The zero-order valence-electron chi connectivity index (χ0n) is 10.8. The number of benzene rings is 1. The van der Waals surface area contributed by atoms with E-state index >= 15 is 0 Å². The lowest BCUT2D eigenvalue weighted by atomic mass is 10.1. The van der Waals surface area contributed by atoms with Crippen molar-refractivity contribution < 1.29 is 19.8 Å². The average molecular weight is 275 g/mol. The first-order valence-electron chi connectivity index (χ1n) is 5.89. The van der Waals surface area contributed by atoms with Crippen LogP contribution in [0.4, 0.5) is 5.82 Å². The third-order valence-electron chi connectivity index (χ3n) is 2.80. The Bertz CT molecular complexity index is 656. The second-order valence-corrected chi connectivity index (χ2v) is 4.30. The van der Waals surface area contributed by atoms with Gasteiger partial charge in [0.05, 0.1) is 5.69 Å². The van der Waals surface area contributed by atoms with E-state index in [9.17, 15) is 9.59 Å². The van der Waals surface area contributed by atoms with Gasteiger partial charge in [0, 0.05) is 10.8 Å². The molecule has 0 radical (unpaired) electrons. The predicted octanol–water partition coefficient (Wildman–Crippen LogP) is 0.914. The number of fused-ring (bicyclic) bond motifs is 1. The van der Waals surface area contributed by atoms with Crippen LogP contribution in [0, 0.1) is 6.92 Å². The Kier molecular flexibility index (Phi) is 3.79. The van der Waals surface area contributed by atoms with Gasteiger partial charge in [0.1, 0.15) is 13.1 Å². The SMILES string of the molecule is Cc1nnc(N(CC(=O)O)CC(=O)O)c2ccccc12. The summed E-state index contributed by atoms with van der Waals surface area (Å²) in [5.74, 6) is -1.99. The first-order chi connectivity index (χ1) is 9.49. The highest BCUT2D eigenvalue weighted by Crippen LogP contribution is 2.25. The van der Waals surface area contributed by atoms with Gasteiger partial charge in [-0.25, -0.2) is 0 Å². The van der Waals surface area contributed by atoms with Gasteiger partial charge >= 0.3 is 11.9 Å². The van der Waals surface area contributed by atoms with Crippen molar-refractivity contribution in [1.29, 1.82) is 0 Å². The molecule has 0 aliphatic rings. The van der Waals surface area contributed by atoms with Crippen LogP contribution >= 0.6 is 0 Å². The molecule has 7 heteroatoms. The highest BCUT2D eigenvalue weighted by atomic mass is 16.4. The fourth-order valence-corrected chi connectivity index (χ4v) is 1.99. The number of nitrogens with zero attached hydrogens (tertiary/aromatic N) is 3. The van der Waals surface area contributed by atoms with Gasteiger partial charge in [-0.15, -0.1) is 5.10 Å². The monoisotopic (exact) mass is 275 g/mol. The van der Waals surface area contributed by atoms with E-state index in [0.29, 0.717) is 11.1 Å². The van der Waals surface area contributed by atoms with Crippen molar-refractivity contribution in [2.24, 2.45) is 0 Å². The standard InChI is InChI=1S/C13H13N3O4/c1-8-9-4-2-3-5-10(9)13(15-14-8)16(6-11(17)18)7-12(19)20/h2-5H,6-7H2,1H3,(H,17,18)(H,19,20). The topological polar surface area (TPSA) is 104 Å². The molecule has 1 aromatic heterocycles. The molecule has 0 bridgehead atoms. The number of rotatable bonds is 5. The largest absolute Gasteiger partial charge is 0.480 e. The fourth-order valence-electron chi connectivity index (χ4n) is 1.99. The number of carbonyl (C=O) groups is 2. The molecular weight excluding hydrogens is 262 g/mol. The highest BCUT2D eigenvalue weighted by molar-refractivity contribution is 5.95. The summed E-state index contributed by atoms with van der Waals surface area (Å²) in [6.07, 6.45) is 0. The molecule has 2 N–H and O–H groups in total. The normalized spacial score (nSPS) is 10.4. The molecule has 0 aliphatic heterocycles.